The normalized spacial score (nSPS) is 25.6. The van der Waals surface area contributed by atoms with Crippen molar-refractivity contribution in [1.29, 1.82) is 0 Å². The maximum Gasteiger partial charge on any atom is 0.262 e. The molecule has 158 valence electrons. The second kappa shape index (κ2) is 8.38. The molecule has 29 heavy (non-hydrogen) atoms. The van der Waals surface area contributed by atoms with E-state index in [1.54, 1.807) is 34.1 Å². The van der Waals surface area contributed by atoms with Crippen molar-refractivity contribution in [2.75, 3.05) is 26.2 Å². The van der Waals surface area contributed by atoms with E-state index in [1.165, 1.54) is 19.3 Å². The van der Waals surface area contributed by atoms with Crippen molar-refractivity contribution in [3.8, 4) is 0 Å². The summed E-state index contributed by atoms with van der Waals surface area (Å²) in [5.41, 5.74) is 0.597. The van der Waals surface area contributed by atoms with Crippen LogP contribution in [0, 0.1) is 5.92 Å². The molecular weight excluding hydrogens is 376 g/mol. The lowest BCUT2D eigenvalue weighted by atomic mass is 9.89. The Morgan fingerprint density at radius 2 is 1.76 bits per heavy atom. The zero-order valence-corrected chi connectivity index (χ0v) is 16.7. The van der Waals surface area contributed by atoms with E-state index in [0.717, 1.165) is 12.8 Å². The van der Waals surface area contributed by atoms with Crippen molar-refractivity contribution in [2.45, 2.75) is 56.5 Å². The molecular formula is C22H29F2N3O2. The number of rotatable bonds is 5. The van der Waals surface area contributed by atoms with E-state index >= 15 is 0 Å². The average molecular weight is 405 g/mol. The van der Waals surface area contributed by atoms with Gasteiger partial charge in [-0.15, -0.1) is 0 Å². The summed E-state index contributed by atoms with van der Waals surface area (Å²) in [6, 6.07) is 7.95. The molecule has 1 atom stereocenters. The summed E-state index contributed by atoms with van der Waals surface area (Å²) in [7, 11) is 0. The molecule has 0 unspecified atom stereocenters. The number of benzene rings is 1. The minimum atomic E-state index is -2.86. The molecule has 2 heterocycles. The smallest absolute Gasteiger partial charge is 0.262 e. The number of likely N-dealkylation sites (tertiary alicyclic amines) is 2. The highest BCUT2D eigenvalue weighted by Gasteiger charge is 2.52. The van der Waals surface area contributed by atoms with E-state index < -0.39 is 24.9 Å². The number of nitrogens with zero attached hydrogens (tertiary/aromatic N) is 2. The van der Waals surface area contributed by atoms with Gasteiger partial charge in [0, 0.05) is 37.7 Å². The maximum atomic E-state index is 14.1. The number of halogens is 2. The number of carbonyl (C=O) groups excluding carboxylic acids is 2. The Kier molecular flexibility index (Phi) is 5.86. The summed E-state index contributed by atoms with van der Waals surface area (Å²) in [6.07, 6.45) is 5.37. The van der Waals surface area contributed by atoms with E-state index in [2.05, 4.69) is 5.32 Å². The molecule has 1 saturated carbocycles. The fourth-order valence-electron chi connectivity index (χ4n) is 4.82. The van der Waals surface area contributed by atoms with Crippen molar-refractivity contribution < 1.29 is 18.4 Å². The first-order valence-electron chi connectivity index (χ1n) is 10.7. The topological polar surface area (TPSA) is 52.7 Å². The van der Waals surface area contributed by atoms with Crippen LogP contribution in [-0.4, -0.2) is 65.8 Å². The average Bonchev–Trinajstić information content (AvgIpc) is 3.01. The third-order valence-electron chi connectivity index (χ3n) is 6.54. The summed E-state index contributed by atoms with van der Waals surface area (Å²) in [5.74, 6) is -2.78. The largest absolute Gasteiger partial charge is 0.354 e. The quantitative estimate of drug-likeness (QED) is 0.820. The van der Waals surface area contributed by atoms with Gasteiger partial charge in [0.15, 0.2) is 0 Å². The summed E-state index contributed by atoms with van der Waals surface area (Å²) >= 11 is 0. The van der Waals surface area contributed by atoms with Crippen molar-refractivity contribution in [1.82, 2.24) is 15.1 Å². The molecule has 3 aliphatic rings. The van der Waals surface area contributed by atoms with Crippen LogP contribution in [0.3, 0.4) is 0 Å². The summed E-state index contributed by atoms with van der Waals surface area (Å²) in [4.78, 5) is 28.5. The van der Waals surface area contributed by atoms with E-state index in [-0.39, 0.29) is 17.9 Å². The Bertz CT molecular complexity index is 731. The van der Waals surface area contributed by atoms with Gasteiger partial charge in [0.05, 0.1) is 12.6 Å². The third kappa shape index (κ3) is 4.60. The Hall–Kier alpha value is -2.02. The number of nitrogens with one attached hydrogen (secondary N) is 1. The van der Waals surface area contributed by atoms with Gasteiger partial charge in [0.2, 0.25) is 5.91 Å². The maximum absolute atomic E-state index is 14.1. The van der Waals surface area contributed by atoms with Gasteiger partial charge >= 0.3 is 0 Å². The van der Waals surface area contributed by atoms with Gasteiger partial charge in [-0.25, -0.2) is 8.78 Å². The Balaban J connectivity index is 1.33. The lowest BCUT2D eigenvalue weighted by Gasteiger charge is -2.45. The monoisotopic (exact) mass is 405 g/mol. The number of hydrogen-bond donors (Lipinski definition) is 1. The van der Waals surface area contributed by atoms with E-state index in [9.17, 15) is 18.4 Å². The van der Waals surface area contributed by atoms with Crippen LogP contribution < -0.4 is 5.32 Å². The highest BCUT2D eigenvalue weighted by molar-refractivity contribution is 5.94. The SMILES string of the molecule is O=C(NCC1CCCCC1)[C@@H]1CC(F)(F)CN1C1CN(C(=O)c2ccccc2)C1. The second-order valence-electron chi connectivity index (χ2n) is 8.73. The molecule has 4 rings (SSSR count). The van der Waals surface area contributed by atoms with Crippen molar-refractivity contribution in [2.24, 2.45) is 5.92 Å². The van der Waals surface area contributed by atoms with Crippen molar-refractivity contribution >= 4 is 11.8 Å². The van der Waals surface area contributed by atoms with Gasteiger partial charge in [-0.05, 0) is 30.9 Å². The van der Waals surface area contributed by atoms with Crippen LogP contribution in [0.25, 0.3) is 0 Å². The number of hydrogen-bond acceptors (Lipinski definition) is 3. The molecule has 1 aromatic rings. The van der Waals surface area contributed by atoms with Crippen LogP contribution in [0.2, 0.25) is 0 Å². The van der Waals surface area contributed by atoms with Crippen LogP contribution in [0.5, 0.6) is 0 Å². The molecule has 5 nitrogen and oxygen atoms in total. The van der Waals surface area contributed by atoms with E-state index in [4.69, 9.17) is 0 Å². The van der Waals surface area contributed by atoms with E-state index in [1.807, 2.05) is 6.07 Å². The Morgan fingerprint density at radius 3 is 2.45 bits per heavy atom. The van der Waals surface area contributed by atoms with Gasteiger partial charge in [-0.1, -0.05) is 37.5 Å². The fourth-order valence-corrected chi connectivity index (χ4v) is 4.82. The first kappa shape index (κ1) is 20.3. The van der Waals surface area contributed by atoms with Crippen LogP contribution in [-0.2, 0) is 4.79 Å². The predicted molar refractivity (Wildman–Crippen MR) is 106 cm³/mol. The molecule has 0 spiro atoms. The van der Waals surface area contributed by atoms with Crippen molar-refractivity contribution in [3.05, 3.63) is 35.9 Å². The van der Waals surface area contributed by atoms with E-state index in [0.29, 0.717) is 31.1 Å². The Labute approximate surface area is 170 Å². The molecule has 1 aliphatic carbocycles. The molecule has 0 aromatic heterocycles. The second-order valence-corrected chi connectivity index (χ2v) is 8.73. The lowest BCUT2D eigenvalue weighted by Crippen LogP contribution is -2.63. The van der Waals surface area contributed by atoms with Gasteiger partial charge in [0.1, 0.15) is 0 Å². The highest BCUT2D eigenvalue weighted by atomic mass is 19.3. The minimum Gasteiger partial charge on any atom is -0.354 e. The molecule has 2 aliphatic heterocycles. The molecule has 1 N–H and O–H groups in total. The van der Waals surface area contributed by atoms with Crippen LogP contribution in [0.1, 0.15) is 48.9 Å². The standard InChI is InChI=1S/C22H29F2N3O2/c23-22(24)11-19(20(28)25-12-16-7-3-1-4-8-16)27(15-22)18-13-26(14-18)21(29)17-9-5-2-6-10-17/h2,5-6,9-10,16,18-19H,1,3-4,7-8,11-15H2,(H,25,28)/t19-/m0/s1. The summed E-state index contributed by atoms with van der Waals surface area (Å²) in [6.45, 7) is 0.941. The molecule has 3 fully saturated rings. The molecule has 7 heteroatoms. The van der Waals surface area contributed by atoms with Crippen LogP contribution >= 0.6 is 0 Å². The van der Waals surface area contributed by atoms with Crippen LogP contribution in [0.4, 0.5) is 8.78 Å². The number of carbonyl (C=O) groups is 2. The Morgan fingerprint density at radius 1 is 1.07 bits per heavy atom. The van der Waals surface area contributed by atoms with Gasteiger partial charge in [0.25, 0.3) is 11.8 Å². The molecule has 1 aromatic carbocycles. The highest BCUT2D eigenvalue weighted by Crippen LogP contribution is 2.36. The fraction of sp³-hybridized carbons (Fsp3) is 0.636. The zero-order valence-electron chi connectivity index (χ0n) is 16.7. The van der Waals surface area contributed by atoms with Gasteiger partial charge in [-0.2, -0.15) is 0 Å². The minimum absolute atomic E-state index is 0.0916. The van der Waals surface area contributed by atoms with Gasteiger partial charge in [-0.3, -0.25) is 14.5 Å². The first-order chi connectivity index (χ1) is 13.9. The molecule has 2 amide bonds. The molecule has 2 saturated heterocycles. The lowest BCUT2D eigenvalue weighted by molar-refractivity contribution is -0.127. The number of amides is 2. The molecule has 0 bridgehead atoms. The van der Waals surface area contributed by atoms with Crippen LogP contribution in [0.15, 0.2) is 30.3 Å². The summed E-state index contributed by atoms with van der Waals surface area (Å²) in [5, 5.41) is 2.93. The zero-order chi connectivity index (χ0) is 20.4. The van der Waals surface area contributed by atoms with Gasteiger partial charge < -0.3 is 10.2 Å². The molecule has 0 radical (unpaired) electrons. The first-order valence-corrected chi connectivity index (χ1v) is 10.7. The van der Waals surface area contributed by atoms with Crippen molar-refractivity contribution in [3.63, 3.8) is 0 Å². The number of alkyl halides is 2. The predicted octanol–water partition coefficient (Wildman–Crippen LogP) is 2.92. The summed E-state index contributed by atoms with van der Waals surface area (Å²) < 4.78 is 28.3. The third-order valence-corrected chi connectivity index (χ3v) is 6.54.